The van der Waals surface area contributed by atoms with Gasteiger partial charge in [-0.1, -0.05) is 15.9 Å². The zero-order valence-electron chi connectivity index (χ0n) is 12.2. The van der Waals surface area contributed by atoms with E-state index in [1.165, 1.54) is 0 Å². The van der Waals surface area contributed by atoms with Crippen molar-refractivity contribution in [1.29, 1.82) is 0 Å². The first kappa shape index (κ1) is 14.0. The number of pyridine rings is 1. The molecule has 4 rings (SSSR count). The van der Waals surface area contributed by atoms with Crippen molar-refractivity contribution in [3.63, 3.8) is 0 Å². The summed E-state index contributed by atoms with van der Waals surface area (Å²) in [4.78, 5) is 19.7. The van der Waals surface area contributed by atoms with E-state index in [1.807, 2.05) is 42.5 Å². The number of methoxy groups -OCH3 is 1. The van der Waals surface area contributed by atoms with E-state index in [0.29, 0.717) is 5.52 Å². The van der Waals surface area contributed by atoms with Gasteiger partial charge in [0.1, 0.15) is 5.75 Å². The quantitative estimate of drug-likeness (QED) is 0.586. The van der Waals surface area contributed by atoms with Gasteiger partial charge in [0.2, 0.25) is 0 Å². The number of nitrogens with zero attached hydrogens (tertiary/aromatic N) is 2. The Morgan fingerprint density at radius 2 is 1.96 bits per heavy atom. The van der Waals surface area contributed by atoms with Gasteiger partial charge in [0.05, 0.1) is 35.5 Å². The molecule has 114 valence electrons. The van der Waals surface area contributed by atoms with Gasteiger partial charge in [-0.05, 0) is 42.5 Å². The Kier molecular flexibility index (Phi) is 3.20. The van der Waals surface area contributed by atoms with Crippen molar-refractivity contribution in [3.8, 4) is 11.4 Å². The van der Waals surface area contributed by atoms with Crippen molar-refractivity contribution in [2.45, 2.75) is 0 Å². The van der Waals surface area contributed by atoms with E-state index in [0.717, 1.165) is 32.3 Å². The molecule has 23 heavy (non-hydrogen) atoms. The summed E-state index contributed by atoms with van der Waals surface area (Å²) in [7, 11) is 1.61. The van der Waals surface area contributed by atoms with E-state index >= 15 is 0 Å². The third-order valence-corrected chi connectivity index (χ3v) is 4.29. The monoisotopic (exact) mass is 369 g/mol. The molecule has 6 heteroatoms. The Balaban J connectivity index is 2.10. The summed E-state index contributed by atoms with van der Waals surface area (Å²) in [5, 5.41) is 0.908. The van der Waals surface area contributed by atoms with Crippen LogP contribution < -0.4 is 10.4 Å². The lowest BCUT2D eigenvalue weighted by Gasteiger charge is -2.07. The average Bonchev–Trinajstić information content (AvgIpc) is 2.91. The first-order valence-corrected chi connectivity index (χ1v) is 7.80. The fourth-order valence-corrected chi connectivity index (χ4v) is 3.09. The summed E-state index contributed by atoms with van der Waals surface area (Å²) in [5.41, 5.74) is 2.93. The second kappa shape index (κ2) is 5.24. The van der Waals surface area contributed by atoms with Gasteiger partial charge in [-0.3, -0.25) is 9.55 Å². The molecule has 0 saturated carbocycles. The third-order valence-electron chi connectivity index (χ3n) is 3.80. The molecule has 0 saturated heterocycles. The molecule has 2 aromatic carbocycles. The maximum atomic E-state index is 12.5. The largest absolute Gasteiger partial charge is 0.497 e. The van der Waals surface area contributed by atoms with Crippen LogP contribution in [0.15, 0.2) is 57.9 Å². The minimum atomic E-state index is -0.195. The van der Waals surface area contributed by atoms with Gasteiger partial charge >= 0.3 is 5.69 Å². The van der Waals surface area contributed by atoms with Crippen molar-refractivity contribution in [2.75, 3.05) is 7.11 Å². The molecule has 0 aliphatic rings. The summed E-state index contributed by atoms with van der Waals surface area (Å²) >= 11 is 3.48. The maximum Gasteiger partial charge on any atom is 0.331 e. The van der Waals surface area contributed by atoms with Crippen LogP contribution in [0.2, 0.25) is 0 Å². The van der Waals surface area contributed by atoms with Crippen LogP contribution in [0.25, 0.3) is 27.6 Å². The molecule has 0 fully saturated rings. The topological polar surface area (TPSA) is 59.9 Å². The highest BCUT2D eigenvalue weighted by Gasteiger charge is 2.13. The highest BCUT2D eigenvalue weighted by atomic mass is 79.9. The van der Waals surface area contributed by atoms with Crippen molar-refractivity contribution in [2.24, 2.45) is 0 Å². The minimum absolute atomic E-state index is 0.195. The van der Waals surface area contributed by atoms with Crippen LogP contribution in [0.1, 0.15) is 0 Å². The van der Waals surface area contributed by atoms with E-state index < -0.39 is 0 Å². The molecular weight excluding hydrogens is 358 g/mol. The third kappa shape index (κ3) is 2.22. The van der Waals surface area contributed by atoms with Crippen LogP contribution in [0.5, 0.6) is 5.75 Å². The lowest BCUT2D eigenvalue weighted by molar-refractivity contribution is 0.415. The molecule has 5 nitrogen and oxygen atoms in total. The molecule has 4 aromatic rings. The molecule has 0 amide bonds. The number of aromatic amines is 1. The van der Waals surface area contributed by atoms with E-state index in [9.17, 15) is 4.79 Å². The van der Waals surface area contributed by atoms with Gasteiger partial charge in [0.25, 0.3) is 0 Å². The molecular formula is C17H12BrN3O2. The number of imidazole rings is 1. The van der Waals surface area contributed by atoms with E-state index in [4.69, 9.17) is 4.74 Å². The highest BCUT2D eigenvalue weighted by Crippen LogP contribution is 2.27. The minimum Gasteiger partial charge on any atom is -0.497 e. The van der Waals surface area contributed by atoms with Gasteiger partial charge in [-0.2, -0.15) is 0 Å². The average molecular weight is 370 g/mol. The fourth-order valence-electron chi connectivity index (χ4n) is 2.73. The molecule has 0 atom stereocenters. The number of aromatic nitrogens is 3. The summed E-state index contributed by atoms with van der Waals surface area (Å²) in [6.07, 6.45) is 1.69. The number of hydrogen-bond acceptors (Lipinski definition) is 3. The predicted octanol–water partition coefficient (Wildman–Crippen LogP) is 3.64. The lowest BCUT2D eigenvalue weighted by Crippen LogP contribution is -2.14. The van der Waals surface area contributed by atoms with Gasteiger partial charge in [0, 0.05) is 9.86 Å². The van der Waals surface area contributed by atoms with Crippen LogP contribution in [-0.4, -0.2) is 21.6 Å². The van der Waals surface area contributed by atoms with Crippen LogP contribution in [0.3, 0.4) is 0 Å². The van der Waals surface area contributed by atoms with Gasteiger partial charge in [-0.25, -0.2) is 4.79 Å². The maximum absolute atomic E-state index is 12.5. The standard InChI is InChI=1S/C17H12BrN3O2/c1-23-12-5-3-11(4-6-12)21-16-13-8-10(18)2-7-14(13)19-9-15(16)20-17(21)22/h2-9H,1H3,(H,20,22). The lowest BCUT2D eigenvalue weighted by atomic mass is 10.2. The number of ether oxygens (including phenoxy) is 1. The van der Waals surface area contributed by atoms with E-state index in [-0.39, 0.29) is 5.69 Å². The van der Waals surface area contributed by atoms with Gasteiger partial charge < -0.3 is 9.72 Å². The second-order valence-corrected chi connectivity index (χ2v) is 6.06. The molecule has 1 N–H and O–H groups in total. The summed E-state index contributed by atoms with van der Waals surface area (Å²) in [6.45, 7) is 0. The number of fused-ring (bicyclic) bond motifs is 3. The molecule has 2 aromatic heterocycles. The SMILES string of the molecule is COc1ccc(-n2c(=O)[nH]c3cnc4ccc(Br)cc4c32)cc1. The molecule has 0 radical (unpaired) electrons. The predicted molar refractivity (Wildman–Crippen MR) is 93.4 cm³/mol. The number of hydrogen-bond donors (Lipinski definition) is 1. The van der Waals surface area contributed by atoms with Gasteiger partial charge in [0.15, 0.2) is 0 Å². The van der Waals surface area contributed by atoms with Crippen molar-refractivity contribution >= 4 is 37.9 Å². The Hall–Kier alpha value is -2.60. The van der Waals surface area contributed by atoms with Crippen molar-refractivity contribution < 1.29 is 4.74 Å². The molecule has 0 unspecified atom stereocenters. The van der Waals surface area contributed by atoms with Crippen LogP contribution in [0, 0.1) is 0 Å². The summed E-state index contributed by atoms with van der Waals surface area (Å²) < 4.78 is 7.78. The Labute approximate surface area is 139 Å². The fraction of sp³-hybridized carbons (Fsp3) is 0.0588. The van der Waals surface area contributed by atoms with Crippen molar-refractivity contribution in [1.82, 2.24) is 14.5 Å². The zero-order valence-corrected chi connectivity index (χ0v) is 13.8. The Bertz CT molecular complexity index is 1080. The smallest absolute Gasteiger partial charge is 0.331 e. The highest BCUT2D eigenvalue weighted by molar-refractivity contribution is 9.10. The number of halogens is 1. The molecule has 0 bridgehead atoms. The molecule has 0 aliphatic heterocycles. The first-order chi connectivity index (χ1) is 11.2. The number of H-pyrrole nitrogens is 1. The normalized spacial score (nSPS) is 11.2. The zero-order chi connectivity index (χ0) is 16.0. The number of nitrogens with one attached hydrogen (secondary N) is 1. The van der Waals surface area contributed by atoms with E-state index in [2.05, 4.69) is 25.9 Å². The number of benzene rings is 2. The molecule has 0 aliphatic carbocycles. The Morgan fingerprint density at radius 3 is 2.70 bits per heavy atom. The summed E-state index contributed by atoms with van der Waals surface area (Å²) in [5.74, 6) is 0.746. The number of rotatable bonds is 2. The van der Waals surface area contributed by atoms with E-state index in [1.54, 1.807) is 17.9 Å². The van der Waals surface area contributed by atoms with Crippen LogP contribution in [0.4, 0.5) is 0 Å². The molecule has 0 spiro atoms. The van der Waals surface area contributed by atoms with Crippen molar-refractivity contribution in [3.05, 3.63) is 63.6 Å². The summed E-state index contributed by atoms with van der Waals surface area (Å²) in [6, 6.07) is 13.2. The Morgan fingerprint density at radius 1 is 1.17 bits per heavy atom. The van der Waals surface area contributed by atoms with Crippen LogP contribution >= 0.6 is 15.9 Å². The molecule has 2 heterocycles. The van der Waals surface area contributed by atoms with Gasteiger partial charge in [-0.15, -0.1) is 0 Å². The van der Waals surface area contributed by atoms with Crippen LogP contribution in [-0.2, 0) is 0 Å². The first-order valence-electron chi connectivity index (χ1n) is 7.01. The second-order valence-electron chi connectivity index (χ2n) is 5.15.